The van der Waals surface area contributed by atoms with Crippen LogP contribution in [0.25, 0.3) is 0 Å². The summed E-state index contributed by atoms with van der Waals surface area (Å²) < 4.78 is 6.03. The summed E-state index contributed by atoms with van der Waals surface area (Å²) in [5.74, 6) is -0.261. The van der Waals surface area contributed by atoms with Gasteiger partial charge in [0.2, 0.25) is 0 Å². The van der Waals surface area contributed by atoms with E-state index in [2.05, 4.69) is 27.8 Å². The molecule has 88 valence electrons. The Balaban J connectivity index is 2.78. The highest BCUT2D eigenvalue weighted by atomic mass is 79.9. The molecule has 0 radical (unpaired) electrons. The van der Waals surface area contributed by atoms with Crippen LogP contribution in [0, 0.1) is 0 Å². The van der Waals surface area contributed by atoms with Crippen molar-refractivity contribution >= 4 is 21.9 Å². The van der Waals surface area contributed by atoms with Gasteiger partial charge >= 0.3 is 5.97 Å². The summed E-state index contributed by atoms with van der Waals surface area (Å²) in [6.45, 7) is 3.54. The summed E-state index contributed by atoms with van der Waals surface area (Å²) in [6.07, 6.45) is 2.69. The molecule has 3 nitrogen and oxygen atoms in total. The number of esters is 1. The molecule has 0 bridgehead atoms. The minimum Gasteiger partial charge on any atom is -0.456 e. The quantitative estimate of drug-likeness (QED) is 0.612. The number of pyridine rings is 1. The van der Waals surface area contributed by atoms with Gasteiger partial charge in [-0.05, 0) is 40.9 Å². The third-order valence-electron chi connectivity index (χ3n) is 2.19. The fourth-order valence-electron chi connectivity index (χ4n) is 1.46. The molecule has 1 aromatic heterocycles. The Morgan fingerprint density at radius 3 is 2.88 bits per heavy atom. The summed E-state index contributed by atoms with van der Waals surface area (Å²) in [5.41, 5.74) is 0.804. The van der Waals surface area contributed by atoms with Crippen molar-refractivity contribution in [3.05, 3.63) is 28.5 Å². The van der Waals surface area contributed by atoms with E-state index in [1.807, 2.05) is 18.2 Å². The first-order valence-corrected chi connectivity index (χ1v) is 6.22. The van der Waals surface area contributed by atoms with Crippen LogP contribution < -0.4 is 0 Å². The number of carbonyl (C=O) groups excluding carboxylic acids is 1. The highest BCUT2D eigenvalue weighted by Gasteiger charge is 2.15. The van der Waals surface area contributed by atoms with E-state index >= 15 is 0 Å². The molecule has 0 aliphatic rings. The van der Waals surface area contributed by atoms with E-state index in [1.165, 1.54) is 6.92 Å². The van der Waals surface area contributed by atoms with Gasteiger partial charge in [0.15, 0.2) is 0 Å². The summed E-state index contributed by atoms with van der Waals surface area (Å²) in [6, 6.07) is 5.64. The second kappa shape index (κ2) is 6.63. The predicted octanol–water partition coefficient (Wildman–Crippen LogP) is 3.64. The van der Waals surface area contributed by atoms with Crippen LogP contribution >= 0.6 is 15.9 Å². The first kappa shape index (κ1) is 13.2. The number of halogens is 1. The number of carbonyl (C=O) groups is 1. The molecule has 0 saturated heterocycles. The molecule has 0 aliphatic carbocycles. The Kier molecular flexibility index (Phi) is 5.46. The van der Waals surface area contributed by atoms with Crippen LogP contribution in [0.5, 0.6) is 0 Å². The van der Waals surface area contributed by atoms with Gasteiger partial charge in [-0.3, -0.25) is 4.79 Å². The second-order valence-corrected chi connectivity index (χ2v) is 4.44. The van der Waals surface area contributed by atoms with Gasteiger partial charge in [-0.2, -0.15) is 0 Å². The van der Waals surface area contributed by atoms with Crippen LogP contribution in [0.1, 0.15) is 44.9 Å². The Morgan fingerprint density at radius 2 is 2.31 bits per heavy atom. The van der Waals surface area contributed by atoms with Crippen molar-refractivity contribution in [1.82, 2.24) is 4.98 Å². The van der Waals surface area contributed by atoms with Crippen molar-refractivity contribution in [2.75, 3.05) is 0 Å². The second-order valence-electron chi connectivity index (χ2n) is 3.63. The Morgan fingerprint density at radius 1 is 1.56 bits per heavy atom. The third-order valence-corrected chi connectivity index (χ3v) is 2.64. The molecule has 0 fully saturated rings. The molecule has 1 atom stereocenters. The summed E-state index contributed by atoms with van der Waals surface area (Å²) >= 11 is 3.31. The smallest absolute Gasteiger partial charge is 0.303 e. The molecule has 0 spiro atoms. The van der Waals surface area contributed by atoms with Gasteiger partial charge in [0.25, 0.3) is 0 Å². The van der Waals surface area contributed by atoms with E-state index in [0.29, 0.717) is 0 Å². The van der Waals surface area contributed by atoms with Crippen molar-refractivity contribution < 1.29 is 9.53 Å². The van der Waals surface area contributed by atoms with Gasteiger partial charge < -0.3 is 4.74 Å². The lowest BCUT2D eigenvalue weighted by Gasteiger charge is -2.16. The molecule has 0 N–H and O–H groups in total. The molecule has 1 unspecified atom stereocenters. The fraction of sp³-hybridized carbons (Fsp3) is 0.500. The molecule has 1 aromatic rings. The number of ether oxygens (including phenoxy) is 1. The SMILES string of the molecule is CCCCC(OC(C)=O)c1cccc(Br)n1. The minimum absolute atomic E-state index is 0.227. The van der Waals surface area contributed by atoms with Crippen molar-refractivity contribution in [3.8, 4) is 0 Å². The average molecular weight is 286 g/mol. The third kappa shape index (κ3) is 4.31. The zero-order valence-corrected chi connectivity index (χ0v) is 11.2. The monoisotopic (exact) mass is 285 g/mol. The number of unbranched alkanes of at least 4 members (excludes halogenated alkanes) is 1. The molecule has 4 heteroatoms. The Hall–Kier alpha value is -0.900. The molecule has 0 amide bonds. The van der Waals surface area contributed by atoms with E-state index < -0.39 is 0 Å². The molecule has 1 rings (SSSR count). The molecule has 0 saturated carbocycles. The molecular weight excluding hydrogens is 270 g/mol. The van der Waals surface area contributed by atoms with Crippen LogP contribution in [0.2, 0.25) is 0 Å². The van der Waals surface area contributed by atoms with E-state index in [4.69, 9.17) is 4.74 Å². The summed E-state index contributed by atoms with van der Waals surface area (Å²) in [5, 5.41) is 0. The van der Waals surface area contributed by atoms with Crippen LogP contribution in [0.15, 0.2) is 22.8 Å². The number of hydrogen-bond donors (Lipinski definition) is 0. The van der Waals surface area contributed by atoms with E-state index in [0.717, 1.165) is 29.6 Å². The van der Waals surface area contributed by atoms with Crippen molar-refractivity contribution in [1.29, 1.82) is 0 Å². The average Bonchev–Trinajstić information content (AvgIpc) is 2.23. The molecule has 1 heterocycles. The first-order valence-electron chi connectivity index (χ1n) is 5.43. The number of nitrogens with zero attached hydrogens (tertiary/aromatic N) is 1. The summed E-state index contributed by atoms with van der Waals surface area (Å²) in [4.78, 5) is 15.3. The van der Waals surface area contributed by atoms with Crippen molar-refractivity contribution in [2.24, 2.45) is 0 Å². The fourth-order valence-corrected chi connectivity index (χ4v) is 1.82. The predicted molar refractivity (Wildman–Crippen MR) is 66.0 cm³/mol. The number of hydrogen-bond acceptors (Lipinski definition) is 3. The number of rotatable bonds is 5. The zero-order chi connectivity index (χ0) is 12.0. The standard InChI is InChI=1S/C12H16BrNO2/c1-3-4-7-11(16-9(2)15)10-6-5-8-12(13)14-10/h5-6,8,11H,3-4,7H2,1-2H3. The van der Waals surface area contributed by atoms with Gasteiger partial charge in [-0.15, -0.1) is 0 Å². The van der Waals surface area contributed by atoms with Gasteiger partial charge in [-0.25, -0.2) is 4.98 Å². The zero-order valence-electron chi connectivity index (χ0n) is 9.57. The van der Waals surface area contributed by atoms with E-state index in [1.54, 1.807) is 0 Å². The van der Waals surface area contributed by atoms with Gasteiger partial charge in [0.1, 0.15) is 10.7 Å². The van der Waals surface area contributed by atoms with Gasteiger partial charge in [0, 0.05) is 6.92 Å². The van der Waals surface area contributed by atoms with E-state index in [-0.39, 0.29) is 12.1 Å². The van der Waals surface area contributed by atoms with Gasteiger partial charge in [-0.1, -0.05) is 19.4 Å². The Bertz CT molecular complexity index is 355. The lowest BCUT2D eigenvalue weighted by atomic mass is 10.1. The van der Waals surface area contributed by atoms with Crippen molar-refractivity contribution in [2.45, 2.75) is 39.2 Å². The lowest BCUT2D eigenvalue weighted by molar-refractivity contribution is -0.147. The molecular formula is C12H16BrNO2. The van der Waals surface area contributed by atoms with Crippen LogP contribution in [-0.2, 0) is 9.53 Å². The first-order chi connectivity index (χ1) is 7.63. The maximum absolute atomic E-state index is 11.0. The molecule has 0 aliphatic heterocycles. The Labute approximate surface area is 104 Å². The molecule has 0 aromatic carbocycles. The summed E-state index contributed by atoms with van der Waals surface area (Å²) in [7, 11) is 0. The maximum Gasteiger partial charge on any atom is 0.303 e. The highest BCUT2D eigenvalue weighted by molar-refractivity contribution is 9.10. The van der Waals surface area contributed by atoms with Gasteiger partial charge in [0.05, 0.1) is 5.69 Å². The highest BCUT2D eigenvalue weighted by Crippen LogP contribution is 2.23. The van der Waals surface area contributed by atoms with Crippen LogP contribution in [-0.4, -0.2) is 11.0 Å². The minimum atomic E-state index is -0.261. The topological polar surface area (TPSA) is 39.2 Å². The van der Waals surface area contributed by atoms with E-state index in [9.17, 15) is 4.79 Å². The molecule has 16 heavy (non-hydrogen) atoms. The van der Waals surface area contributed by atoms with Crippen molar-refractivity contribution in [3.63, 3.8) is 0 Å². The van der Waals surface area contributed by atoms with Crippen LogP contribution in [0.3, 0.4) is 0 Å². The normalized spacial score (nSPS) is 12.2. The van der Waals surface area contributed by atoms with Crippen LogP contribution in [0.4, 0.5) is 0 Å². The largest absolute Gasteiger partial charge is 0.456 e. The maximum atomic E-state index is 11.0. The number of aromatic nitrogens is 1. The lowest BCUT2D eigenvalue weighted by Crippen LogP contribution is -2.10.